The van der Waals surface area contributed by atoms with Gasteiger partial charge in [-0.2, -0.15) is 0 Å². The van der Waals surface area contributed by atoms with Gasteiger partial charge in [0.25, 0.3) is 0 Å². The third-order valence-corrected chi connectivity index (χ3v) is 0.292. The molecule has 0 aromatic heterocycles. The molecule has 1 N–H and O–H groups in total. The van der Waals surface area contributed by atoms with Crippen molar-refractivity contribution in [3.63, 3.8) is 0 Å². The molecule has 0 heterocycles. The number of aliphatic hydroxyl groups is 1. The van der Waals surface area contributed by atoms with Crippen molar-refractivity contribution in [2.24, 2.45) is 0 Å². The molecule has 0 aliphatic carbocycles. The maximum atomic E-state index is 7.48. The highest BCUT2D eigenvalue weighted by Gasteiger charge is 2.02. The average molecular weight is 113 g/mol. The summed E-state index contributed by atoms with van der Waals surface area (Å²) in [7, 11) is -0.0246. The molecule has 0 saturated carbocycles. The summed E-state index contributed by atoms with van der Waals surface area (Å²) in [5.41, 5.74) is 0. The van der Waals surface area contributed by atoms with Crippen molar-refractivity contribution in [3.05, 3.63) is 0 Å². The van der Waals surface area contributed by atoms with Gasteiger partial charge in [0.1, 0.15) is 6.50 Å². The van der Waals surface area contributed by atoms with Crippen LogP contribution in [0.15, 0.2) is 0 Å². The summed E-state index contributed by atoms with van der Waals surface area (Å²) in [5.74, 6) is 0. The molecule has 2 heteroatoms. The highest BCUT2D eigenvalue weighted by Crippen LogP contribution is 1.84. The lowest BCUT2D eigenvalue weighted by Crippen LogP contribution is -2.36. The van der Waals surface area contributed by atoms with Crippen molar-refractivity contribution in [3.8, 4) is 0 Å². The lowest BCUT2D eigenvalue weighted by atomic mass is 10.5. The molecule has 0 bridgehead atoms. The van der Waals surface area contributed by atoms with Crippen LogP contribution in [0.4, 0.5) is 0 Å². The third-order valence-electron chi connectivity index (χ3n) is 0.292. The first kappa shape index (κ1) is 1.09. The minimum Gasteiger partial charge on any atom is -0.391 e. The van der Waals surface area contributed by atoms with Crippen LogP contribution in [-0.2, 0) is 0 Å². The molecule has 1 atom stereocenters. The van der Waals surface area contributed by atoms with Crippen LogP contribution in [0.5, 0.6) is 0 Å². The fourth-order valence-corrected chi connectivity index (χ4v) is 0.101. The van der Waals surface area contributed by atoms with E-state index in [0.29, 0.717) is 0 Å². The van der Waals surface area contributed by atoms with Crippen LogP contribution < -0.4 is 0 Å². The molecular formula is C5H14NO+. The van der Waals surface area contributed by atoms with E-state index in [1.807, 2.05) is 0 Å². The van der Waals surface area contributed by atoms with Crippen LogP contribution in [0.1, 0.15) is 11.0 Å². The zero-order valence-corrected chi connectivity index (χ0v) is 4.06. The molecule has 44 valence electrons. The largest absolute Gasteiger partial charge is 0.391 e. The van der Waals surface area contributed by atoms with Gasteiger partial charge in [-0.3, -0.25) is 0 Å². The molecule has 1 unspecified atom stereocenters. The molecule has 0 saturated heterocycles. The van der Waals surface area contributed by atoms with Crippen molar-refractivity contribution < 1.29 is 20.6 Å². The fraction of sp³-hybridized carbons (Fsp3) is 1.00. The molecular weight excluding hydrogens is 90.1 g/mol. The second-order valence-corrected chi connectivity index (χ2v) is 1.41. The fourth-order valence-electron chi connectivity index (χ4n) is 0.101. The van der Waals surface area contributed by atoms with Gasteiger partial charge in [-0.25, -0.2) is 0 Å². The quantitative estimate of drug-likeness (QED) is 0.498. The van der Waals surface area contributed by atoms with Crippen LogP contribution in [-0.4, -0.2) is 45.1 Å². The normalized spacial score (nSPS) is 43.3. The maximum absolute atomic E-state index is 7.48. The first-order valence-corrected chi connectivity index (χ1v) is 1.66. The van der Waals surface area contributed by atoms with E-state index in [1.165, 1.54) is 0 Å². The predicted molar refractivity (Wildman–Crippen MR) is 30.0 cm³/mol. The minimum atomic E-state index is -3.13. The Morgan fingerprint density at radius 1 is 2.14 bits per heavy atom. The molecule has 0 rings (SSSR count). The molecule has 0 aromatic rings. The van der Waals surface area contributed by atoms with Gasteiger partial charge >= 0.3 is 0 Å². The first-order chi connectivity index (χ1) is 6.87. The summed E-state index contributed by atoms with van der Waals surface area (Å²) in [5, 5.41) is 3.60. The van der Waals surface area contributed by atoms with Crippen LogP contribution in [0.25, 0.3) is 0 Å². The number of hydrogen-bond acceptors (Lipinski definition) is 1. The van der Waals surface area contributed by atoms with Crippen LogP contribution in [0.3, 0.4) is 0 Å². The lowest BCUT2D eigenvalue weighted by molar-refractivity contribution is -0.870. The van der Waals surface area contributed by atoms with Crippen molar-refractivity contribution in [1.29, 1.82) is 1.43 Å². The van der Waals surface area contributed by atoms with E-state index in [2.05, 4.69) is 5.11 Å². The lowest BCUT2D eigenvalue weighted by Gasteiger charge is -2.21. The zero-order valence-electron chi connectivity index (χ0n) is 13.1. The van der Waals surface area contributed by atoms with Crippen LogP contribution >= 0.6 is 0 Å². The SMILES string of the molecule is [2H]C[N+](C)(C([2H])([2H])[2H])C([2H])([2H])C([2H])([2H])O[2H]. The molecule has 0 amide bonds. The van der Waals surface area contributed by atoms with E-state index < -0.39 is 31.5 Å². The second kappa shape index (κ2) is 2.28. The van der Waals surface area contributed by atoms with Gasteiger partial charge in [0.05, 0.1) is 38.6 Å². The summed E-state index contributed by atoms with van der Waals surface area (Å²) in [6.07, 6.45) is 0. The Bertz CT molecular complexity index is 251. The second-order valence-electron chi connectivity index (χ2n) is 1.41. The van der Waals surface area contributed by atoms with Gasteiger partial charge in [-0.15, -0.1) is 0 Å². The van der Waals surface area contributed by atoms with Crippen molar-refractivity contribution in [2.45, 2.75) is 0 Å². The smallest absolute Gasteiger partial charge is 0.210 e. The summed E-state index contributed by atoms with van der Waals surface area (Å²) >= 11 is 0. The number of nitrogens with zero attached hydrogens (tertiary/aromatic N) is 1. The molecule has 0 fully saturated rings. The first-order valence-electron chi connectivity index (χ1n) is 6.28. The van der Waals surface area contributed by atoms with Crippen molar-refractivity contribution >= 4 is 0 Å². The van der Waals surface area contributed by atoms with Gasteiger partial charge in [0.15, 0.2) is 0 Å². The van der Waals surface area contributed by atoms with Crippen molar-refractivity contribution in [1.82, 2.24) is 0 Å². The molecule has 0 radical (unpaired) electrons. The predicted octanol–water partition coefficient (Wildman–Crippen LogP) is -0.315. The van der Waals surface area contributed by atoms with Crippen molar-refractivity contribution in [2.75, 3.05) is 34.1 Å². The molecule has 0 spiro atoms. The third kappa shape index (κ3) is 5.92. The van der Waals surface area contributed by atoms with E-state index in [1.54, 1.807) is 0 Å². The Morgan fingerprint density at radius 2 is 3.00 bits per heavy atom. The van der Waals surface area contributed by atoms with Gasteiger partial charge < -0.3 is 9.59 Å². The summed E-state index contributed by atoms with van der Waals surface area (Å²) < 4.78 is 62.8. The van der Waals surface area contributed by atoms with Gasteiger partial charge in [0, 0.05) is 0 Å². The molecule has 0 aliphatic heterocycles. The van der Waals surface area contributed by atoms with E-state index in [-0.39, 0.29) is 0 Å². The highest BCUT2D eigenvalue weighted by atomic mass is 16.3. The molecule has 7 heavy (non-hydrogen) atoms. The Balaban J connectivity index is 5.58. The molecule has 0 aliphatic rings. The number of quaternary nitrogens is 1. The summed E-state index contributed by atoms with van der Waals surface area (Å²) in [6.45, 7) is -9.12. The van der Waals surface area contributed by atoms with E-state index in [4.69, 9.17) is 12.4 Å². The van der Waals surface area contributed by atoms with E-state index in [0.717, 1.165) is 7.05 Å². The molecule has 0 aromatic carbocycles. The topological polar surface area (TPSA) is 20.2 Å². The van der Waals surface area contributed by atoms with Gasteiger partial charge in [-0.05, 0) is 0 Å². The Hall–Kier alpha value is -0.0800. The van der Waals surface area contributed by atoms with Gasteiger partial charge in [0.2, 0.25) is 1.43 Å². The summed E-state index contributed by atoms with van der Waals surface area (Å²) in [6, 6.07) is 0. The van der Waals surface area contributed by atoms with Gasteiger partial charge in [-0.1, -0.05) is 0 Å². The monoisotopic (exact) mass is 113 g/mol. The van der Waals surface area contributed by atoms with Crippen LogP contribution in [0, 0.1) is 0 Å². The number of likely N-dealkylation sites (N-methyl/N-ethyl adjacent to an activating group) is 1. The average Bonchev–Trinajstić information content (AvgIpc) is 2.14. The van der Waals surface area contributed by atoms with Crippen LogP contribution in [0.2, 0.25) is 0 Å². The summed E-state index contributed by atoms with van der Waals surface area (Å²) in [4.78, 5) is 0. The number of rotatable bonds is 3. The highest BCUT2D eigenvalue weighted by molar-refractivity contribution is 4.19. The van der Waals surface area contributed by atoms with E-state index >= 15 is 0 Å². The number of hydrogen-bond donors (Lipinski definition) is 1. The Kier molecular flexibility index (Phi) is 0.356. The standard InChI is InChI=1S/C5H14NO/c1-6(2,3)4-5-7/h7H,4-5H2,1-3H3/q+1/i1D,2D3,4D2,5D2,7D. The minimum absolute atomic E-state index is 0.886. The maximum Gasteiger partial charge on any atom is 0.210 e. The molecule has 2 nitrogen and oxygen atoms in total. The zero-order chi connectivity index (χ0) is 13.4. The van der Waals surface area contributed by atoms with E-state index in [9.17, 15) is 0 Å². The Labute approximate surface area is 57.7 Å². The Morgan fingerprint density at radius 3 is 3.43 bits per heavy atom.